The normalized spacial score (nSPS) is 21.6. The Morgan fingerprint density at radius 1 is 1.40 bits per heavy atom. The SMILES string of the molecule is O=CC=C(c1ccccc1)C1NCCO1. The molecule has 1 atom stereocenters. The van der Waals surface area contributed by atoms with E-state index < -0.39 is 0 Å². The van der Waals surface area contributed by atoms with Gasteiger partial charge in [-0.05, 0) is 11.6 Å². The number of nitrogens with one attached hydrogen (secondary N) is 1. The maximum Gasteiger partial charge on any atom is 0.143 e. The highest BCUT2D eigenvalue weighted by Gasteiger charge is 2.19. The Labute approximate surface area is 88.8 Å². The molecule has 0 spiro atoms. The first-order valence-electron chi connectivity index (χ1n) is 4.97. The van der Waals surface area contributed by atoms with Crippen LogP contribution in [0, 0.1) is 0 Å². The van der Waals surface area contributed by atoms with Crippen molar-refractivity contribution in [1.29, 1.82) is 0 Å². The van der Waals surface area contributed by atoms with Crippen LogP contribution in [0.2, 0.25) is 0 Å². The number of allylic oxidation sites excluding steroid dienone is 1. The monoisotopic (exact) mass is 203 g/mol. The number of aldehydes is 1. The quantitative estimate of drug-likeness (QED) is 0.593. The van der Waals surface area contributed by atoms with Crippen molar-refractivity contribution in [2.75, 3.05) is 13.2 Å². The molecule has 1 aliphatic heterocycles. The molecular formula is C12H13NO2. The van der Waals surface area contributed by atoms with Gasteiger partial charge in [0, 0.05) is 12.1 Å². The summed E-state index contributed by atoms with van der Waals surface area (Å²) in [5.41, 5.74) is 1.91. The molecule has 0 saturated carbocycles. The number of benzene rings is 1. The van der Waals surface area contributed by atoms with E-state index >= 15 is 0 Å². The Kier molecular flexibility index (Phi) is 3.27. The van der Waals surface area contributed by atoms with Gasteiger partial charge in [-0.1, -0.05) is 30.3 Å². The van der Waals surface area contributed by atoms with E-state index in [9.17, 15) is 4.79 Å². The average molecular weight is 203 g/mol. The van der Waals surface area contributed by atoms with Crippen molar-refractivity contribution in [3.05, 3.63) is 42.0 Å². The van der Waals surface area contributed by atoms with Gasteiger partial charge in [0.1, 0.15) is 12.5 Å². The minimum Gasteiger partial charge on any atom is -0.358 e. The van der Waals surface area contributed by atoms with Crippen LogP contribution < -0.4 is 5.32 Å². The molecular weight excluding hydrogens is 190 g/mol. The second kappa shape index (κ2) is 4.87. The van der Waals surface area contributed by atoms with Gasteiger partial charge in [-0.3, -0.25) is 10.1 Å². The molecule has 2 rings (SSSR count). The van der Waals surface area contributed by atoms with Crippen molar-refractivity contribution >= 4 is 11.9 Å². The van der Waals surface area contributed by atoms with Crippen molar-refractivity contribution in [1.82, 2.24) is 5.32 Å². The summed E-state index contributed by atoms with van der Waals surface area (Å²) in [7, 11) is 0. The molecule has 0 radical (unpaired) electrons. The van der Waals surface area contributed by atoms with E-state index in [2.05, 4.69) is 5.32 Å². The van der Waals surface area contributed by atoms with Crippen LogP contribution in [0.4, 0.5) is 0 Å². The number of carbonyl (C=O) groups is 1. The first-order chi connectivity index (χ1) is 7.42. The average Bonchev–Trinajstić information content (AvgIpc) is 2.80. The molecule has 0 aliphatic carbocycles. The second-order valence-corrected chi connectivity index (χ2v) is 3.33. The molecule has 0 aromatic heterocycles. The Bertz CT molecular complexity index is 353. The van der Waals surface area contributed by atoms with Gasteiger partial charge in [0.2, 0.25) is 0 Å². The highest BCUT2D eigenvalue weighted by molar-refractivity contribution is 5.83. The Hall–Kier alpha value is -1.45. The lowest BCUT2D eigenvalue weighted by atomic mass is 10.0. The summed E-state index contributed by atoms with van der Waals surface area (Å²) in [5, 5.41) is 3.19. The molecule has 78 valence electrons. The molecule has 1 aliphatic rings. The molecule has 3 nitrogen and oxygen atoms in total. The van der Waals surface area contributed by atoms with Gasteiger partial charge in [0.15, 0.2) is 0 Å². The first kappa shape index (κ1) is 10.1. The summed E-state index contributed by atoms with van der Waals surface area (Å²) in [6.07, 6.45) is 2.20. The van der Waals surface area contributed by atoms with Crippen molar-refractivity contribution in [3.63, 3.8) is 0 Å². The molecule has 1 unspecified atom stereocenters. The maximum atomic E-state index is 10.6. The fourth-order valence-electron chi connectivity index (χ4n) is 1.66. The van der Waals surface area contributed by atoms with E-state index in [1.54, 1.807) is 6.08 Å². The number of hydrogen-bond acceptors (Lipinski definition) is 3. The summed E-state index contributed by atoms with van der Waals surface area (Å²) < 4.78 is 5.48. The topological polar surface area (TPSA) is 38.3 Å². The lowest BCUT2D eigenvalue weighted by molar-refractivity contribution is -0.104. The van der Waals surface area contributed by atoms with Crippen LogP contribution >= 0.6 is 0 Å². The summed E-state index contributed by atoms with van der Waals surface area (Å²) in [5.74, 6) is 0. The molecule has 3 heteroatoms. The van der Waals surface area contributed by atoms with E-state index in [1.165, 1.54) is 0 Å². The zero-order valence-corrected chi connectivity index (χ0v) is 8.35. The fraction of sp³-hybridized carbons (Fsp3) is 0.250. The number of carbonyl (C=O) groups excluding carboxylic acids is 1. The number of hydrogen-bond donors (Lipinski definition) is 1. The predicted octanol–water partition coefficient (Wildman–Crippen LogP) is 1.21. The molecule has 1 N–H and O–H groups in total. The van der Waals surface area contributed by atoms with Gasteiger partial charge in [0.25, 0.3) is 0 Å². The highest BCUT2D eigenvalue weighted by atomic mass is 16.5. The van der Waals surface area contributed by atoms with E-state index in [4.69, 9.17) is 4.74 Å². The third kappa shape index (κ3) is 2.32. The summed E-state index contributed by atoms with van der Waals surface area (Å²) in [4.78, 5) is 10.6. The Morgan fingerprint density at radius 3 is 2.80 bits per heavy atom. The lowest BCUT2D eigenvalue weighted by Gasteiger charge is -2.14. The van der Waals surface area contributed by atoms with E-state index in [0.717, 1.165) is 24.0 Å². The van der Waals surface area contributed by atoms with Crippen LogP contribution in [0.25, 0.3) is 5.57 Å². The highest BCUT2D eigenvalue weighted by Crippen LogP contribution is 2.20. The fourth-order valence-corrected chi connectivity index (χ4v) is 1.66. The molecule has 15 heavy (non-hydrogen) atoms. The van der Waals surface area contributed by atoms with Gasteiger partial charge in [-0.25, -0.2) is 0 Å². The van der Waals surface area contributed by atoms with Crippen LogP contribution in [-0.4, -0.2) is 25.7 Å². The van der Waals surface area contributed by atoms with Crippen LogP contribution in [0.5, 0.6) is 0 Å². The van der Waals surface area contributed by atoms with Gasteiger partial charge < -0.3 is 4.74 Å². The maximum absolute atomic E-state index is 10.6. The van der Waals surface area contributed by atoms with Crippen molar-refractivity contribution in [2.45, 2.75) is 6.23 Å². The molecule has 1 heterocycles. The number of rotatable bonds is 3. The smallest absolute Gasteiger partial charge is 0.143 e. The minimum absolute atomic E-state index is 0.155. The Balaban J connectivity index is 2.27. The molecule has 1 aromatic carbocycles. The van der Waals surface area contributed by atoms with Gasteiger partial charge in [-0.15, -0.1) is 0 Å². The van der Waals surface area contributed by atoms with E-state index in [-0.39, 0.29) is 6.23 Å². The molecule has 0 amide bonds. The zero-order chi connectivity index (χ0) is 10.5. The summed E-state index contributed by atoms with van der Waals surface area (Å²) >= 11 is 0. The van der Waals surface area contributed by atoms with Gasteiger partial charge in [-0.2, -0.15) is 0 Å². The lowest BCUT2D eigenvalue weighted by Crippen LogP contribution is -2.24. The summed E-state index contributed by atoms with van der Waals surface area (Å²) in [6, 6.07) is 9.79. The largest absolute Gasteiger partial charge is 0.358 e. The second-order valence-electron chi connectivity index (χ2n) is 3.33. The van der Waals surface area contributed by atoms with Crippen molar-refractivity contribution in [2.24, 2.45) is 0 Å². The third-order valence-corrected chi connectivity index (χ3v) is 2.35. The van der Waals surface area contributed by atoms with E-state index in [1.807, 2.05) is 30.3 Å². The van der Waals surface area contributed by atoms with Crippen molar-refractivity contribution in [3.8, 4) is 0 Å². The van der Waals surface area contributed by atoms with E-state index in [0.29, 0.717) is 6.61 Å². The van der Waals surface area contributed by atoms with Gasteiger partial charge >= 0.3 is 0 Å². The molecule has 1 fully saturated rings. The molecule has 1 aromatic rings. The predicted molar refractivity (Wildman–Crippen MR) is 58.2 cm³/mol. The number of ether oxygens (including phenoxy) is 1. The van der Waals surface area contributed by atoms with Crippen molar-refractivity contribution < 1.29 is 9.53 Å². The van der Waals surface area contributed by atoms with Crippen LogP contribution in [-0.2, 0) is 9.53 Å². The summed E-state index contributed by atoms with van der Waals surface area (Å²) in [6.45, 7) is 1.52. The minimum atomic E-state index is -0.155. The standard InChI is InChI=1S/C12H13NO2/c14-8-6-11(12-13-7-9-15-12)10-4-2-1-3-5-10/h1-6,8,12-13H,7,9H2. The van der Waals surface area contributed by atoms with Crippen LogP contribution in [0.3, 0.4) is 0 Å². The zero-order valence-electron chi connectivity index (χ0n) is 8.35. The first-order valence-corrected chi connectivity index (χ1v) is 4.97. The Morgan fingerprint density at radius 2 is 2.20 bits per heavy atom. The van der Waals surface area contributed by atoms with Crippen LogP contribution in [0.1, 0.15) is 5.56 Å². The van der Waals surface area contributed by atoms with Crippen LogP contribution in [0.15, 0.2) is 36.4 Å². The molecule has 1 saturated heterocycles. The third-order valence-electron chi connectivity index (χ3n) is 2.35. The molecule has 0 bridgehead atoms. The van der Waals surface area contributed by atoms with Gasteiger partial charge in [0.05, 0.1) is 6.61 Å².